The Morgan fingerprint density at radius 3 is 1.85 bits per heavy atom. The number of amides is 2. The number of nitrogens with one attached hydrogen (secondary N) is 2. The Hall–Kier alpha value is -3.10. The average Bonchev–Trinajstić information content (AvgIpc) is 2.79. The zero-order valence-electron chi connectivity index (χ0n) is 18.6. The lowest BCUT2D eigenvalue weighted by molar-refractivity contribution is -0.382. The summed E-state index contributed by atoms with van der Waals surface area (Å²) in [4.78, 5) is 10.9. The molecule has 0 radical (unpaired) electrons. The van der Waals surface area contributed by atoms with Gasteiger partial charge in [0.1, 0.15) is 5.75 Å². The number of rotatable bonds is 10. The molecule has 2 aromatic rings. The van der Waals surface area contributed by atoms with Gasteiger partial charge >= 0.3 is 51.1 Å². The number of halogens is 13. The van der Waals surface area contributed by atoms with Crippen molar-refractivity contribution in [3.8, 4) is 5.75 Å². The van der Waals surface area contributed by atoms with E-state index in [0.29, 0.717) is 6.07 Å². The van der Waals surface area contributed by atoms with Crippen molar-refractivity contribution in [2.45, 2.75) is 39.9 Å². The first-order chi connectivity index (χ1) is 18.0. The largest absolute Gasteiger partial charge is 0.460 e. The molecule has 0 saturated carbocycles. The number of hydrogen-bond acceptors (Lipinski definition) is 5. The SMILES string of the molecule is O=C(Nc1ccccc1)Nc1ccc(OS(=O)(=O)C(F)(F)C(F)(F)C(F)(F)C(F)(F)F)cc1SC(F)(F)C(F)F. The summed E-state index contributed by atoms with van der Waals surface area (Å²) in [6.07, 6.45) is -11.8. The van der Waals surface area contributed by atoms with Crippen molar-refractivity contribution in [3.05, 3.63) is 48.5 Å². The molecular weight excluding hydrogens is 631 g/mol. The third-order valence-electron chi connectivity index (χ3n) is 4.37. The van der Waals surface area contributed by atoms with E-state index in [0.717, 1.165) is 0 Å². The molecule has 0 aliphatic heterocycles. The van der Waals surface area contributed by atoms with Crippen molar-refractivity contribution < 1.29 is 74.5 Å². The number of carbonyl (C=O) groups excluding carboxylic acids is 1. The van der Waals surface area contributed by atoms with Crippen LogP contribution in [-0.4, -0.2) is 49.4 Å². The van der Waals surface area contributed by atoms with Crippen molar-refractivity contribution >= 4 is 39.3 Å². The van der Waals surface area contributed by atoms with Crippen LogP contribution < -0.4 is 14.8 Å². The Bertz CT molecular complexity index is 1320. The molecule has 224 valence electrons. The third-order valence-corrected chi connectivity index (χ3v) is 6.67. The average molecular weight is 642 g/mol. The van der Waals surface area contributed by atoms with Crippen LogP contribution in [0.1, 0.15) is 0 Å². The lowest BCUT2D eigenvalue weighted by atomic mass is 10.1. The monoisotopic (exact) mass is 642 g/mol. The summed E-state index contributed by atoms with van der Waals surface area (Å²) < 4.78 is 197. The highest BCUT2D eigenvalue weighted by molar-refractivity contribution is 8.00. The van der Waals surface area contributed by atoms with Gasteiger partial charge in [-0.2, -0.15) is 56.7 Å². The summed E-state index contributed by atoms with van der Waals surface area (Å²) >= 11 is -1.12. The minimum absolute atomic E-state index is 0.0905. The van der Waals surface area contributed by atoms with E-state index in [2.05, 4.69) is 9.50 Å². The van der Waals surface area contributed by atoms with Crippen LogP contribution in [0.15, 0.2) is 53.4 Å². The van der Waals surface area contributed by atoms with Crippen LogP contribution in [0.25, 0.3) is 0 Å². The van der Waals surface area contributed by atoms with E-state index in [1.165, 1.54) is 30.3 Å². The maximum atomic E-state index is 13.9. The number of alkyl halides is 13. The number of para-hydroxylation sites is 1. The molecule has 2 N–H and O–H groups in total. The summed E-state index contributed by atoms with van der Waals surface area (Å²) in [6.45, 7) is 0. The van der Waals surface area contributed by atoms with Crippen LogP contribution in [0, 0.1) is 0 Å². The summed E-state index contributed by atoms with van der Waals surface area (Å²) in [5, 5.41) is -8.30. The Balaban J connectivity index is 2.47. The van der Waals surface area contributed by atoms with E-state index in [-0.39, 0.29) is 17.8 Å². The van der Waals surface area contributed by atoms with Gasteiger partial charge < -0.3 is 14.8 Å². The van der Waals surface area contributed by atoms with Gasteiger partial charge in [-0.3, -0.25) is 0 Å². The number of thioether (sulfide) groups is 1. The van der Waals surface area contributed by atoms with Crippen LogP contribution in [0.3, 0.4) is 0 Å². The predicted molar refractivity (Wildman–Crippen MR) is 113 cm³/mol. The third kappa shape index (κ3) is 6.61. The van der Waals surface area contributed by atoms with E-state index in [4.69, 9.17) is 0 Å². The number of benzene rings is 2. The molecule has 0 unspecified atom stereocenters. The first-order valence-electron chi connectivity index (χ1n) is 9.72. The normalized spacial score (nSPS) is 13.8. The molecular formula is C19H11F13N2O4S2. The molecule has 0 bridgehead atoms. The summed E-state index contributed by atoms with van der Waals surface area (Å²) in [6, 6.07) is 6.30. The van der Waals surface area contributed by atoms with Gasteiger partial charge in [0.15, 0.2) is 0 Å². The zero-order chi connectivity index (χ0) is 30.9. The van der Waals surface area contributed by atoms with Crippen LogP contribution in [0.5, 0.6) is 5.75 Å². The number of anilines is 2. The predicted octanol–water partition coefficient (Wildman–Crippen LogP) is 7.41. The molecule has 0 aliphatic carbocycles. The van der Waals surface area contributed by atoms with E-state index >= 15 is 0 Å². The minimum Gasteiger partial charge on any atom is -0.378 e. The Morgan fingerprint density at radius 2 is 1.35 bits per heavy atom. The van der Waals surface area contributed by atoms with Crippen LogP contribution in [0.4, 0.5) is 73.2 Å². The number of hydrogen-bond donors (Lipinski definition) is 2. The Morgan fingerprint density at radius 1 is 0.800 bits per heavy atom. The molecule has 0 atom stereocenters. The van der Waals surface area contributed by atoms with E-state index in [1.54, 1.807) is 0 Å². The first kappa shape index (κ1) is 33.1. The van der Waals surface area contributed by atoms with Gasteiger partial charge in [-0.15, -0.1) is 0 Å². The van der Waals surface area contributed by atoms with Crippen molar-refractivity contribution in [2.75, 3.05) is 10.6 Å². The molecule has 2 rings (SSSR count). The molecule has 0 fully saturated rings. The zero-order valence-corrected chi connectivity index (χ0v) is 20.2. The van der Waals surface area contributed by atoms with Gasteiger partial charge in [-0.1, -0.05) is 18.2 Å². The molecule has 40 heavy (non-hydrogen) atoms. The second kappa shape index (κ2) is 11.1. The van der Waals surface area contributed by atoms with E-state index in [1.807, 2.05) is 5.32 Å². The summed E-state index contributed by atoms with van der Waals surface area (Å²) in [5.74, 6) is -17.0. The van der Waals surface area contributed by atoms with Gasteiger partial charge in [0.2, 0.25) is 0 Å². The van der Waals surface area contributed by atoms with Gasteiger partial charge in [0.05, 0.1) is 5.69 Å². The number of carbonyl (C=O) groups is 1. The van der Waals surface area contributed by atoms with Crippen molar-refractivity contribution in [2.24, 2.45) is 0 Å². The van der Waals surface area contributed by atoms with E-state index in [9.17, 15) is 70.3 Å². The molecule has 6 nitrogen and oxygen atoms in total. The molecule has 0 aliphatic rings. The summed E-state index contributed by atoms with van der Waals surface area (Å²) in [7, 11) is -7.48. The molecule has 0 spiro atoms. The van der Waals surface area contributed by atoms with Crippen LogP contribution in [0.2, 0.25) is 0 Å². The maximum Gasteiger partial charge on any atom is 0.460 e. The molecule has 0 saturated heterocycles. The smallest absolute Gasteiger partial charge is 0.378 e. The second-order valence-electron chi connectivity index (χ2n) is 7.27. The van der Waals surface area contributed by atoms with Crippen molar-refractivity contribution in [1.29, 1.82) is 0 Å². The fourth-order valence-corrected chi connectivity index (χ4v) is 4.13. The fraction of sp³-hybridized carbons (Fsp3) is 0.316. The molecule has 2 amide bonds. The van der Waals surface area contributed by atoms with Gasteiger partial charge in [-0.25, -0.2) is 13.6 Å². The van der Waals surface area contributed by atoms with Gasteiger partial charge in [0, 0.05) is 10.6 Å². The molecule has 0 aromatic heterocycles. The van der Waals surface area contributed by atoms with E-state index < -0.39 is 79.2 Å². The quantitative estimate of drug-likeness (QED) is 0.160. The van der Waals surface area contributed by atoms with Crippen molar-refractivity contribution in [1.82, 2.24) is 0 Å². The molecule has 2 aromatic carbocycles. The number of urea groups is 1. The van der Waals surface area contributed by atoms with Crippen LogP contribution in [-0.2, 0) is 10.1 Å². The topological polar surface area (TPSA) is 84.5 Å². The van der Waals surface area contributed by atoms with Crippen LogP contribution >= 0.6 is 11.8 Å². The lowest BCUT2D eigenvalue weighted by Crippen LogP contribution is -2.63. The highest BCUT2D eigenvalue weighted by Crippen LogP contribution is 2.55. The van der Waals surface area contributed by atoms with Crippen molar-refractivity contribution in [3.63, 3.8) is 0 Å². The molecule has 0 heterocycles. The standard InChI is InChI=1S/C19H11F13N2O4S2/c20-13(21)15(22,23)39-12-8-10(6-7-11(12)34-14(35)33-9-4-2-1-3-5-9)38-40(36,37)19(31,32)17(26,27)16(24,25)18(28,29)30/h1-8,13H,(H2,33,34,35). The molecule has 21 heteroatoms. The second-order valence-corrected chi connectivity index (χ2v) is 10.0. The lowest BCUT2D eigenvalue weighted by Gasteiger charge is -2.32. The summed E-state index contributed by atoms with van der Waals surface area (Å²) in [5.41, 5.74) is -0.735. The van der Waals surface area contributed by atoms with Gasteiger partial charge in [-0.05, 0) is 42.1 Å². The fourth-order valence-electron chi connectivity index (χ4n) is 2.44. The highest BCUT2D eigenvalue weighted by atomic mass is 32.2. The van der Waals surface area contributed by atoms with Gasteiger partial charge in [0.25, 0.3) is 0 Å². The first-order valence-corrected chi connectivity index (χ1v) is 11.9. The Kier molecular flexibility index (Phi) is 9.15. The Labute approximate surface area is 219 Å². The minimum atomic E-state index is -7.66. The maximum absolute atomic E-state index is 13.9. The highest BCUT2D eigenvalue weighted by Gasteiger charge is 2.86.